The Labute approximate surface area is 111 Å². The molecule has 100 valence electrons. The highest BCUT2D eigenvalue weighted by Crippen LogP contribution is 2.21. The summed E-state index contributed by atoms with van der Waals surface area (Å²) in [5.41, 5.74) is 1.67. The minimum Gasteiger partial charge on any atom is -0.332 e. The van der Waals surface area contributed by atoms with Crippen molar-refractivity contribution in [2.45, 2.75) is 13.0 Å². The van der Waals surface area contributed by atoms with Gasteiger partial charge in [-0.05, 0) is 26.1 Å². The van der Waals surface area contributed by atoms with Gasteiger partial charge >= 0.3 is 0 Å². The second-order valence-electron chi connectivity index (χ2n) is 4.82. The van der Waals surface area contributed by atoms with Crippen molar-refractivity contribution >= 4 is 0 Å². The monoisotopic (exact) mass is 259 g/mol. The molecule has 1 fully saturated rings. The SMILES string of the molecule is Cc1cccc(-c2nc(C3CNCCN3C)no2)n1. The van der Waals surface area contributed by atoms with Crippen molar-refractivity contribution < 1.29 is 4.52 Å². The van der Waals surface area contributed by atoms with Crippen LogP contribution in [0.3, 0.4) is 0 Å². The van der Waals surface area contributed by atoms with Gasteiger partial charge in [0, 0.05) is 25.3 Å². The van der Waals surface area contributed by atoms with Gasteiger partial charge in [-0.15, -0.1) is 0 Å². The first-order valence-electron chi connectivity index (χ1n) is 6.42. The van der Waals surface area contributed by atoms with Crippen LogP contribution in [0.2, 0.25) is 0 Å². The Morgan fingerprint density at radius 3 is 3.05 bits per heavy atom. The molecule has 3 rings (SSSR count). The maximum Gasteiger partial charge on any atom is 0.276 e. The van der Waals surface area contributed by atoms with E-state index in [1.165, 1.54) is 0 Å². The number of rotatable bonds is 2. The van der Waals surface area contributed by atoms with Crippen molar-refractivity contribution in [2.75, 3.05) is 26.7 Å². The molecule has 0 amide bonds. The largest absolute Gasteiger partial charge is 0.332 e. The Balaban J connectivity index is 1.86. The van der Waals surface area contributed by atoms with Crippen LogP contribution >= 0.6 is 0 Å². The summed E-state index contributed by atoms with van der Waals surface area (Å²) in [6, 6.07) is 5.93. The fraction of sp³-hybridized carbons (Fsp3) is 0.462. The molecule has 6 nitrogen and oxygen atoms in total. The molecule has 0 spiro atoms. The lowest BCUT2D eigenvalue weighted by Crippen LogP contribution is -2.44. The topological polar surface area (TPSA) is 67.1 Å². The number of pyridine rings is 1. The van der Waals surface area contributed by atoms with E-state index in [-0.39, 0.29) is 6.04 Å². The summed E-state index contributed by atoms with van der Waals surface area (Å²) in [6.45, 7) is 4.77. The molecule has 1 aliphatic rings. The second-order valence-corrected chi connectivity index (χ2v) is 4.82. The summed E-state index contributed by atoms with van der Waals surface area (Å²) in [6.07, 6.45) is 0. The van der Waals surface area contributed by atoms with Crippen molar-refractivity contribution in [2.24, 2.45) is 0 Å². The van der Waals surface area contributed by atoms with E-state index in [2.05, 4.69) is 32.4 Å². The zero-order chi connectivity index (χ0) is 13.2. The zero-order valence-electron chi connectivity index (χ0n) is 11.1. The van der Waals surface area contributed by atoms with Gasteiger partial charge in [0.1, 0.15) is 5.69 Å². The lowest BCUT2D eigenvalue weighted by atomic mass is 10.2. The van der Waals surface area contributed by atoms with E-state index in [1.54, 1.807) is 0 Å². The number of nitrogens with one attached hydrogen (secondary N) is 1. The standard InChI is InChI=1S/C13H17N5O/c1-9-4-3-5-10(15-9)13-16-12(17-19-13)11-8-14-6-7-18(11)2/h3-5,11,14H,6-8H2,1-2H3. The van der Waals surface area contributed by atoms with Gasteiger partial charge in [0.25, 0.3) is 5.89 Å². The fourth-order valence-electron chi connectivity index (χ4n) is 2.23. The Kier molecular flexibility index (Phi) is 3.27. The molecule has 2 aromatic rings. The predicted octanol–water partition coefficient (Wildman–Crippen LogP) is 1.02. The Bertz CT molecular complexity index is 568. The summed E-state index contributed by atoms with van der Waals surface area (Å²) in [4.78, 5) is 11.1. The normalized spacial score (nSPS) is 20.6. The number of hydrogen-bond donors (Lipinski definition) is 1. The number of aryl methyl sites for hydroxylation is 1. The first-order chi connectivity index (χ1) is 9.24. The van der Waals surface area contributed by atoms with E-state index in [1.807, 2.05) is 25.1 Å². The van der Waals surface area contributed by atoms with Gasteiger partial charge in [0.05, 0.1) is 6.04 Å². The van der Waals surface area contributed by atoms with E-state index in [9.17, 15) is 0 Å². The average Bonchev–Trinajstić information content (AvgIpc) is 2.89. The average molecular weight is 259 g/mol. The van der Waals surface area contributed by atoms with Gasteiger partial charge in [-0.25, -0.2) is 4.98 Å². The molecule has 3 heterocycles. The Morgan fingerprint density at radius 2 is 2.26 bits per heavy atom. The van der Waals surface area contributed by atoms with Crippen molar-refractivity contribution in [1.29, 1.82) is 0 Å². The molecular formula is C13H17N5O. The van der Waals surface area contributed by atoms with E-state index in [0.29, 0.717) is 11.7 Å². The molecule has 1 unspecified atom stereocenters. The minimum absolute atomic E-state index is 0.163. The van der Waals surface area contributed by atoms with Crippen LogP contribution in [0.4, 0.5) is 0 Å². The van der Waals surface area contributed by atoms with Crippen LogP contribution in [0.25, 0.3) is 11.6 Å². The highest BCUT2D eigenvalue weighted by molar-refractivity contribution is 5.46. The van der Waals surface area contributed by atoms with Crippen LogP contribution in [0, 0.1) is 6.92 Å². The smallest absolute Gasteiger partial charge is 0.276 e. The molecule has 1 N–H and O–H groups in total. The molecule has 1 saturated heterocycles. The number of likely N-dealkylation sites (N-methyl/N-ethyl adjacent to an activating group) is 1. The predicted molar refractivity (Wildman–Crippen MR) is 70.5 cm³/mol. The van der Waals surface area contributed by atoms with E-state index in [4.69, 9.17) is 4.52 Å². The van der Waals surface area contributed by atoms with Crippen LogP contribution in [0.15, 0.2) is 22.7 Å². The molecule has 19 heavy (non-hydrogen) atoms. The summed E-state index contributed by atoms with van der Waals surface area (Å²) in [7, 11) is 2.08. The minimum atomic E-state index is 0.163. The second kappa shape index (κ2) is 5.07. The van der Waals surface area contributed by atoms with E-state index < -0.39 is 0 Å². The van der Waals surface area contributed by atoms with Gasteiger partial charge < -0.3 is 9.84 Å². The van der Waals surface area contributed by atoms with E-state index >= 15 is 0 Å². The van der Waals surface area contributed by atoms with Crippen LogP contribution < -0.4 is 5.32 Å². The summed E-state index contributed by atoms with van der Waals surface area (Å²) in [5.74, 6) is 1.20. The number of aromatic nitrogens is 3. The number of nitrogens with zero attached hydrogens (tertiary/aromatic N) is 4. The van der Waals surface area contributed by atoms with Gasteiger partial charge in [-0.1, -0.05) is 11.2 Å². The lowest BCUT2D eigenvalue weighted by molar-refractivity contribution is 0.190. The van der Waals surface area contributed by atoms with Crippen LogP contribution in [0.5, 0.6) is 0 Å². The highest BCUT2D eigenvalue weighted by Gasteiger charge is 2.25. The Morgan fingerprint density at radius 1 is 1.37 bits per heavy atom. The molecule has 1 aliphatic heterocycles. The molecule has 0 bridgehead atoms. The number of hydrogen-bond acceptors (Lipinski definition) is 6. The highest BCUT2D eigenvalue weighted by atomic mass is 16.5. The fourth-order valence-corrected chi connectivity index (χ4v) is 2.23. The third-order valence-electron chi connectivity index (χ3n) is 3.36. The molecular weight excluding hydrogens is 242 g/mol. The van der Waals surface area contributed by atoms with Crippen molar-refractivity contribution in [3.8, 4) is 11.6 Å². The summed E-state index contributed by atoms with van der Waals surface area (Å²) >= 11 is 0. The molecule has 0 aliphatic carbocycles. The maximum absolute atomic E-state index is 5.33. The molecule has 6 heteroatoms. The van der Waals surface area contributed by atoms with Crippen molar-refractivity contribution in [1.82, 2.24) is 25.3 Å². The lowest BCUT2D eigenvalue weighted by Gasteiger charge is -2.30. The first kappa shape index (κ1) is 12.3. The van der Waals surface area contributed by atoms with Gasteiger partial charge in [0.15, 0.2) is 5.82 Å². The maximum atomic E-state index is 5.33. The van der Waals surface area contributed by atoms with Crippen LogP contribution in [0.1, 0.15) is 17.6 Å². The Hall–Kier alpha value is -1.79. The number of piperazine rings is 1. The summed E-state index contributed by atoms with van der Waals surface area (Å²) in [5, 5.41) is 7.43. The molecule has 0 aromatic carbocycles. The van der Waals surface area contributed by atoms with Crippen LogP contribution in [-0.2, 0) is 0 Å². The quantitative estimate of drug-likeness (QED) is 0.868. The van der Waals surface area contributed by atoms with Gasteiger partial charge in [-0.3, -0.25) is 4.90 Å². The van der Waals surface area contributed by atoms with Crippen molar-refractivity contribution in [3.63, 3.8) is 0 Å². The third-order valence-corrected chi connectivity index (χ3v) is 3.36. The van der Waals surface area contributed by atoms with Crippen molar-refractivity contribution in [3.05, 3.63) is 29.7 Å². The molecule has 0 radical (unpaired) electrons. The first-order valence-corrected chi connectivity index (χ1v) is 6.42. The van der Waals surface area contributed by atoms with E-state index in [0.717, 1.165) is 31.0 Å². The van der Waals surface area contributed by atoms with Gasteiger partial charge in [0.2, 0.25) is 0 Å². The molecule has 0 saturated carbocycles. The molecule has 2 aromatic heterocycles. The van der Waals surface area contributed by atoms with Gasteiger partial charge in [-0.2, -0.15) is 4.98 Å². The molecule has 1 atom stereocenters. The third kappa shape index (κ3) is 2.50. The zero-order valence-corrected chi connectivity index (χ0v) is 11.1. The summed E-state index contributed by atoms with van der Waals surface area (Å²) < 4.78 is 5.33. The van der Waals surface area contributed by atoms with Crippen LogP contribution in [-0.4, -0.2) is 46.7 Å².